The van der Waals surface area contributed by atoms with E-state index in [-0.39, 0.29) is 31.3 Å². The van der Waals surface area contributed by atoms with E-state index in [4.69, 9.17) is 9.47 Å². The number of rotatable bonds is 11. The molecule has 0 aromatic heterocycles. The Morgan fingerprint density at radius 3 is 2.04 bits per heavy atom. The van der Waals surface area contributed by atoms with Crippen LogP contribution in [0.3, 0.4) is 0 Å². The molecule has 2 aliphatic rings. The first kappa shape index (κ1) is 33.4. The van der Waals surface area contributed by atoms with Gasteiger partial charge in [0.05, 0.1) is 5.92 Å². The van der Waals surface area contributed by atoms with Gasteiger partial charge in [-0.15, -0.1) is 0 Å². The summed E-state index contributed by atoms with van der Waals surface area (Å²) in [5, 5.41) is 0. The van der Waals surface area contributed by atoms with Crippen LogP contribution in [0, 0.1) is 5.92 Å². The van der Waals surface area contributed by atoms with Gasteiger partial charge in [-0.3, -0.25) is 19.1 Å². The van der Waals surface area contributed by atoms with Gasteiger partial charge in [0.15, 0.2) is 12.4 Å². The van der Waals surface area contributed by atoms with Gasteiger partial charge >= 0.3 is 12.1 Å². The Kier molecular flexibility index (Phi) is 10.5. The lowest BCUT2D eigenvalue weighted by atomic mass is 9.98. The fourth-order valence-corrected chi connectivity index (χ4v) is 9.30. The SMILES string of the molecule is O=C(COC(=O)C(Cc1ccccc1)CP(=O)(O)C1CCCCCN1C(=O)OCC1c2ccccc2-c2ccccc21)c1ccccc1. The highest BCUT2D eigenvalue weighted by molar-refractivity contribution is 7.58. The number of benzene rings is 4. The second-order valence-corrected chi connectivity index (χ2v) is 15.0. The number of hydrogen-bond donors (Lipinski definition) is 1. The molecule has 1 amide bonds. The van der Waals surface area contributed by atoms with Crippen molar-refractivity contribution in [2.75, 3.05) is 25.9 Å². The van der Waals surface area contributed by atoms with Crippen molar-refractivity contribution >= 4 is 25.2 Å². The van der Waals surface area contributed by atoms with Crippen LogP contribution in [-0.2, 0) is 25.3 Å². The number of likely N-dealkylation sites (tertiary alicyclic amines) is 1. The number of ketones is 1. The average Bonchev–Trinajstić information content (AvgIpc) is 3.23. The molecule has 48 heavy (non-hydrogen) atoms. The fraction of sp³-hybridized carbons (Fsp3) is 0.308. The van der Waals surface area contributed by atoms with E-state index in [2.05, 4.69) is 12.1 Å². The summed E-state index contributed by atoms with van der Waals surface area (Å²) in [6.45, 7) is -0.0886. The number of fused-ring (bicyclic) bond motifs is 3. The molecule has 0 radical (unpaired) electrons. The second kappa shape index (κ2) is 15.1. The van der Waals surface area contributed by atoms with Gasteiger partial charge in [-0.25, -0.2) is 4.79 Å². The van der Waals surface area contributed by atoms with Crippen molar-refractivity contribution in [1.82, 2.24) is 4.90 Å². The summed E-state index contributed by atoms with van der Waals surface area (Å²) < 4.78 is 25.7. The monoisotopic (exact) mass is 665 g/mol. The first-order valence-electron chi connectivity index (χ1n) is 16.5. The quantitative estimate of drug-likeness (QED) is 0.0994. The van der Waals surface area contributed by atoms with Gasteiger partial charge in [-0.05, 0) is 47.1 Å². The maximum absolute atomic E-state index is 14.3. The molecule has 1 N–H and O–H groups in total. The molecule has 0 bridgehead atoms. The summed E-state index contributed by atoms with van der Waals surface area (Å²) in [7, 11) is -4.17. The van der Waals surface area contributed by atoms with Crippen LogP contribution in [0.2, 0.25) is 0 Å². The lowest BCUT2D eigenvalue weighted by molar-refractivity contribution is -0.146. The van der Waals surface area contributed by atoms with Crippen LogP contribution in [0.25, 0.3) is 11.1 Å². The predicted molar refractivity (Wildman–Crippen MR) is 184 cm³/mol. The van der Waals surface area contributed by atoms with E-state index in [1.54, 1.807) is 30.3 Å². The van der Waals surface area contributed by atoms with E-state index in [9.17, 15) is 23.8 Å². The Labute approximate surface area is 281 Å². The molecule has 1 saturated heterocycles. The number of esters is 1. The molecule has 248 valence electrons. The third-order valence-electron chi connectivity index (χ3n) is 9.34. The van der Waals surface area contributed by atoms with E-state index in [1.807, 2.05) is 66.7 Å². The Bertz CT molecular complexity index is 1750. The van der Waals surface area contributed by atoms with Crippen molar-refractivity contribution < 1.29 is 33.3 Å². The molecule has 0 spiro atoms. The summed E-state index contributed by atoms with van der Waals surface area (Å²) in [5.41, 5.74) is 5.60. The third-order valence-corrected chi connectivity index (χ3v) is 11.8. The summed E-state index contributed by atoms with van der Waals surface area (Å²) >= 11 is 0. The summed E-state index contributed by atoms with van der Waals surface area (Å²) in [6, 6.07) is 33.9. The number of carbonyl (C=O) groups is 3. The lowest BCUT2D eigenvalue weighted by Gasteiger charge is -2.34. The molecule has 3 unspecified atom stereocenters. The maximum atomic E-state index is 14.3. The number of hydrogen-bond acceptors (Lipinski definition) is 6. The Morgan fingerprint density at radius 1 is 0.771 bits per heavy atom. The Hall–Kier alpha value is -4.52. The van der Waals surface area contributed by atoms with Gasteiger partial charge < -0.3 is 14.4 Å². The molecule has 6 rings (SSSR count). The van der Waals surface area contributed by atoms with E-state index in [0.717, 1.165) is 34.2 Å². The van der Waals surface area contributed by atoms with Crippen molar-refractivity contribution in [1.29, 1.82) is 0 Å². The highest BCUT2D eigenvalue weighted by Crippen LogP contribution is 2.53. The number of amides is 1. The smallest absolute Gasteiger partial charge is 0.410 e. The minimum Gasteiger partial charge on any atom is -0.457 e. The summed E-state index contributed by atoms with van der Waals surface area (Å²) in [6.07, 6.45) is 1.60. The van der Waals surface area contributed by atoms with Crippen molar-refractivity contribution in [3.05, 3.63) is 131 Å². The molecule has 8 nitrogen and oxygen atoms in total. The lowest BCUT2D eigenvalue weighted by Crippen LogP contribution is -2.42. The normalized spacial score (nSPS) is 17.7. The molecule has 1 heterocycles. The van der Waals surface area contributed by atoms with Crippen molar-refractivity contribution in [3.63, 3.8) is 0 Å². The maximum Gasteiger partial charge on any atom is 0.410 e. The molecule has 1 fully saturated rings. The first-order chi connectivity index (χ1) is 23.3. The largest absolute Gasteiger partial charge is 0.457 e. The highest BCUT2D eigenvalue weighted by atomic mass is 31.2. The average molecular weight is 666 g/mol. The van der Waals surface area contributed by atoms with Crippen LogP contribution in [-0.4, -0.2) is 59.3 Å². The van der Waals surface area contributed by atoms with Gasteiger partial charge in [0.25, 0.3) is 0 Å². The van der Waals surface area contributed by atoms with Crippen LogP contribution < -0.4 is 0 Å². The summed E-state index contributed by atoms with van der Waals surface area (Å²) in [4.78, 5) is 53.0. The second-order valence-electron chi connectivity index (χ2n) is 12.5. The van der Waals surface area contributed by atoms with E-state index in [0.29, 0.717) is 24.8 Å². The van der Waals surface area contributed by atoms with Crippen LogP contribution in [0.5, 0.6) is 0 Å². The van der Waals surface area contributed by atoms with E-state index in [1.165, 1.54) is 4.90 Å². The van der Waals surface area contributed by atoms with Crippen molar-refractivity contribution in [3.8, 4) is 11.1 Å². The van der Waals surface area contributed by atoms with Crippen LogP contribution in [0.4, 0.5) is 4.79 Å². The van der Waals surface area contributed by atoms with Crippen molar-refractivity contribution in [2.24, 2.45) is 5.92 Å². The van der Waals surface area contributed by atoms with Crippen LogP contribution >= 0.6 is 7.37 Å². The minimum absolute atomic E-state index is 0.101. The Balaban J connectivity index is 1.18. The van der Waals surface area contributed by atoms with Gasteiger partial charge in [0.2, 0.25) is 7.37 Å². The number of nitrogens with zero attached hydrogens (tertiary/aromatic N) is 1. The van der Waals surface area contributed by atoms with Gasteiger partial charge in [0, 0.05) is 24.2 Å². The zero-order chi connectivity index (χ0) is 33.5. The van der Waals surface area contributed by atoms with Crippen LogP contribution in [0.15, 0.2) is 109 Å². The first-order valence-corrected chi connectivity index (χ1v) is 18.4. The standard InChI is InChI=1S/C39H40NO7P/c41-36(29-16-6-2-7-17-29)26-46-38(42)30(24-28-14-4-1-5-15-28)27-48(44,45)37-22-8-3-13-23-40(37)39(43)47-25-35-33-20-11-9-18-31(33)32-19-10-12-21-34(32)35/h1-2,4-7,9-12,14-21,30,35,37H,3,8,13,22-27H2,(H,44,45). The topological polar surface area (TPSA) is 110 Å². The van der Waals surface area contributed by atoms with Crippen molar-refractivity contribution in [2.45, 2.75) is 43.8 Å². The molecule has 4 aromatic rings. The third kappa shape index (κ3) is 7.61. The van der Waals surface area contributed by atoms with E-state index < -0.39 is 43.9 Å². The zero-order valence-electron chi connectivity index (χ0n) is 26.8. The molecule has 4 aromatic carbocycles. The van der Waals surface area contributed by atoms with E-state index >= 15 is 0 Å². The summed E-state index contributed by atoms with van der Waals surface area (Å²) in [5.74, 6) is -3.23. The number of Topliss-reactive ketones (excluding diaryl/α,β-unsaturated/α-hetero) is 1. The molecular weight excluding hydrogens is 625 g/mol. The molecule has 1 aliphatic carbocycles. The van der Waals surface area contributed by atoms with Crippen LogP contribution in [0.1, 0.15) is 58.6 Å². The number of carbonyl (C=O) groups excluding carboxylic acids is 3. The molecule has 3 atom stereocenters. The predicted octanol–water partition coefficient (Wildman–Crippen LogP) is 7.69. The number of ether oxygens (including phenoxy) is 2. The minimum atomic E-state index is -4.17. The fourth-order valence-electron chi connectivity index (χ4n) is 6.92. The molecule has 0 saturated carbocycles. The van der Waals surface area contributed by atoms with Gasteiger partial charge in [-0.2, -0.15) is 0 Å². The van der Waals surface area contributed by atoms with Gasteiger partial charge in [0.1, 0.15) is 12.4 Å². The van der Waals surface area contributed by atoms with Gasteiger partial charge in [-0.1, -0.05) is 122 Å². The molecule has 9 heteroatoms. The zero-order valence-corrected chi connectivity index (χ0v) is 27.7. The Morgan fingerprint density at radius 2 is 1.38 bits per heavy atom. The highest BCUT2D eigenvalue weighted by Gasteiger charge is 2.43. The molecule has 1 aliphatic heterocycles. The molecular formula is C39H40NO7P.